The van der Waals surface area contributed by atoms with E-state index < -0.39 is 102 Å². The van der Waals surface area contributed by atoms with Crippen LogP contribution >= 0.6 is 15.6 Å². The third-order valence-corrected chi connectivity index (χ3v) is 11.6. The molecule has 54 heavy (non-hydrogen) atoms. The second-order valence-corrected chi connectivity index (χ2v) is 15.6. The topological polar surface area (TPSA) is 385 Å². The fourth-order valence-corrected chi connectivity index (χ4v) is 8.01. The van der Waals surface area contributed by atoms with Gasteiger partial charge in [-0.25, -0.2) is 38.4 Å². The number of aliphatic hydroxyl groups is 6. The van der Waals surface area contributed by atoms with E-state index in [-0.39, 0.29) is 39.5 Å². The van der Waals surface area contributed by atoms with E-state index in [0.29, 0.717) is 5.57 Å². The van der Waals surface area contributed by atoms with Crippen LogP contribution in [0.4, 0.5) is 5.82 Å². The number of imidazole rings is 1. The number of aromatic nitrogens is 8. The molecule has 0 amide bonds. The molecule has 11 atom stereocenters. The number of nitrogens with two attached hydrogens (primary N) is 1. The SMILES string of the molecule is CC1=Cc2c(nc3c(=O)[nH]c(=O)[nH]c3[n+]2C[C@H](O)[C@H](O)[C@H](O)COP(=O)(O)OP(=O)(O)OC[C@H]2O[C@@H](n3cnc4c(N)ncnc43)[C@H](O)[C@@H]2O)[C@@H](O)C1C. The van der Waals surface area contributed by atoms with E-state index >= 15 is 0 Å². The summed E-state index contributed by atoms with van der Waals surface area (Å²) in [5.41, 5.74) is 4.55. The van der Waals surface area contributed by atoms with Gasteiger partial charge in [0, 0.05) is 5.92 Å². The Morgan fingerprint density at radius 2 is 1.72 bits per heavy atom. The lowest BCUT2D eigenvalue weighted by molar-refractivity contribution is -0.684. The minimum absolute atomic E-state index is 0.0234. The van der Waals surface area contributed by atoms with Gasteiger partial charge in [0.05, 0.1) is 19.5 Å². The van der Waals surface area contributed by atoms with E-state index in [1.807, 2.05) is 4.98 Å². The van der Waals surface area contributed by atoms with Crippen LogP contribution < -0.4 is 21.5 Å². The minimum atomic E-state index is -5.56. The monoisotopic (exact) mass is 804 g/mol. The molecule has 1 saturated heterocycles. The summed E-state index contributed by atoms with van der Waals surface area (Å²) in [7, 11) is -11.1. The van der Waals surface area contributed by atoms with Crippen LogP contribution in [0, 0.1) is 5.92 Å². The number of nitrogens with one attached hydrogen (secondary N) is 2. The Hall–Kier alpha value is -3.91. The molecule has 0 radical (unpaired) electrons. The number of phosphoric ester groups is 2. The summed E-state index contributed by atoms with van der Waals surface area (Å²) in [6.45, 7) is 0.545. The van der Waals surface area contributed by atoms with Crippen molar-refractivity contribution in [2.45, 2.75) is 69.3 Å². The Bertz CT molecular complexity index is 2320. The second kappa shape index (κ2) is 15.0. The molecule has 1 fully saturated rings. The molecule has 0 spiro atoms. The molecule has 0 aromatic carbocycles. The lowest BCUT2D eigenvalue weighted by Crippen LogP contribution is -2.53. The molecule has 0 bridgehead atoms. The van der Waals surface area contributed by atoms with Crippen molar-refractivity contribution in [1.82, 2.24) is 34.5 Å². The number of ether oxygens (including phenoxy) is 1. The fourth-order valence-electron chi connectivity index (χ4n) is 5.91. The number of nitrogen functional groups attached to an aromatic ring is 1. The normalized spacial score (nSPS) is 26.9. The Kier molecular flexibility index (Phi) is 11.0. The van der Waals surface area contributed by atoms with Crippen LogP contribution in [0.2, 0.25) is 0 Å². The molecule has 4 aromatic heterocycles. The van der Waals surface area contributed by atoms with Crippen molar-refractivity contribution < 1.29 is 72.2 Å². The van der Waals surface area contributed by atoms with Crippen molar-refractivity contribution in [2.75, 3.05) is 18.9 Å². The number of fused-ring (bicyclic) bond motifs is 3. The molecule has 2 aliphatic rings. The molecule has 0 saturated carbocycles. The van der Waals surface area contributed by atoms with Crippen LogP contribution in [-0.4, -0.2) is 125 Å². The lowest BCUT2D eigenvalue weighted by atomic mass is 9.87. The zero-order chi connectivity index (χ0) is 39.4. The van der Waals surface area contributed by atoms with Crippen LogP contribution in [0.15, 0.2) is 27.8 Å². The van der Waals surface area contributed by atoms with Crippen molar-refractivity contribution >= 4 is 49.9 Å². The molecule has 5 heterocycles. The Morgan fingerprint density at radius 3 is 2.44 bits per heavy atom. The summed E-state index contributed by atoms with van der Waals surface area (Å²) in [5.74, 6) is -0.395. The molecule has 1 aliphatic carbocycles. The fraction of sp³-hybridized carbons (Fsp3) is 0.519. The Morgan fingerprint density at radius 1 is 1.02 bits per heavy atom. The van der Waals surface area contributed by atoms with Gasteiger partial charge in [0.25, 0.3) is 5.56 Å². The molecular weight excluding hydrogens is 768 g/mol. The summed E-state index contributed by atoms with van der Waals surface area (Å²) < 4.78 is 46.5. The third-order valence-electron chi connectivity index (χ3n) is 8.96. The molecule has 25 nitrogen and oxygen atoms in total. The molecule has 294 valence electrons. The van der Waals surface area contributed by atoms with Crippen molar-refractivity contribution in [1.29, 1.82) is 0 Å². The number of hydrogen-bond acceptors (Lipinski definition) is 19. The van der Waals surface area contributed by atoms with Gasteiger partial charge in [0.15, 0.2) is 23.4 Å². The van der Waals surface area contributed by atoms with Crippen LogP contribution in [0.5, 0.6) is 0 Å². The maximum absolute atomic E-state index is 12.6. The maximum Gasteiger partial charge on any atom is 0.481 e. The Balaban J connectivity index is 1.08. The first kappa shape index (κ1) is 39.8. The number of H-pyrrole nitrogens is 2. The summed E-state index contributed by atoms with van der Waals surface area (Å²) in [5, 5.41) is 64.0. The average Bonchev–Trinajstić information content (AvgIpc) is 3.65. The van der Waals surface area contributed by atoms with Crippen molar-refractivity contribution in [3.63, 3.8) is 0 Å². The van der Waals surface area contributed by atoms with Gasteiger partial charge in [-0.15, -0.1) is 0 Å². The predicted octanol–water partition coefficient (Wildman–Crippen LogP) is -3.64. The molecule has 6 rings (SSSR count). The highest BCUT2D eigenvalue weighted by molar-refractivity contribution is 7.61. The van der Waals surface area contributed by atoms with Crippen molar-refractivity contribution in [3.05, 3.63) is 50.5 Å². The van der Waals surface area contributed by atoms with Gasteiger partial charge in [0.2, 0.25) is 5.52 Å². The van der Waals surface area contributed by atoms with Gasteiger partial charge in [-0.3, -0.25) is 23.4 Å². The van der Waals surface area contributed by atoms with Gasteiger partial charge in [-0.05, 0) is 13.0 Å². The number of anilines is 1. The highest BCUT2D eigenvalue weighted by Crippen LogP contribution is 2.60. The van der Waals surface area contributed by atoms with Crippen molar-refractivity contribution in [2.24, 2.45) is 5.92 Å². The second-order valence-electron chi connectivity index (χ2n) is 12.6. The lowest BCUT2D eigenvalue weighted by Gasteiger charge is -2.27. The Labute approximate surface area is 301 Å². The molecule has 4 aromatic rings. The van der Waals surface area contributed by atoms with Gasteiger partial charge in [-0.1, -0.05) is 12.5 Å². The molecule has 1 aliphatic heterocycles. The van der Waals surface area contributed by atoms with Gasteiger partial charge in [-0.2, -0.15) is 9.29 Å². The summed E-state index contributed by atoms with van der Waals surface area (Å²) in [6.07, 6.45) is -9.71. The number of nitrogens with zero attached hydrogens (tertiary/aromatic N) is 6. The average molecular weight is 805 g/mol. The first-order valence-corrected chi connectivity index (χ1v) is 18.9. The largest absolute Gasteiger partial charge is 0.481 e. The molecular formula is C27H36N9O16P2+. The van der Waals surface area contributed by atoms with Gasteiger partial charge >= 0.3 is 27.0 Å². The van der Waals surface area contributed by atoms with E-state index in [9.17, 15) is 59.1 Å². The summed E-state index contributed by atoms with van der Waals surface area (Å²) in [4.78, 5) is 65.3. The zero-order valence-electron chi connectivity index (χ0n) is 28.0. The summed E-state index contributed by atoms with van der Waals surface area (Å²) >= 11 is 0. The smallest absolute Gasteiger partial charge is 0.388 e. The zero-order valence-corrected chi connectivity index (χ0v) is 29.8. The van der Waals surface area contributed by atoms with E-state index in [1.54, 1.807) is 19.9 Å². The molecule has 12 N–H and O–H groups in total. The third kappa shape index (κ3) is 7.78. The standard InChI is InChI=1S/C27H35N9O16P2/c1-9-3-11-15(18(39)10(9)2)32-17-24(33-27(44)34-25(17)43)35(11)4-12(37)19(40)13(38)5-49-53(45,46)52-54(47,48)50-6-14-20(41)21(42)26(51-14)36-8-31-16-22(28)29-7-30-23(16)36/h3,7-8,10,12-14,18-21,26,37-42H,4-6H2,1-2H3,(H5,28,29,30,34,43,44,45,46,47,48)/p+1/t10?,12-,13+,14+,18-,19-,20+,21+,26+/m0/s1. The van der Waals surface area contributed by atoms with E-state index in [4.69, 9.17) is 15.0 Å². The quantitative estimate of drug-likeness (QED) is 0.0458. The van der Waals surface area contributed by atoms with Crippen LogP contribution in [0.25, 0.3) is 28.4 Å². The maximum atomic E-state index is 12.6. The van der Waals surface area contributed by atoms with E-state index in [1.165, 1.54) is 15.5 Å². The summed E-state index contributed by atoms with van der Waals surface area (Å²) in [6, 6.07) is 0. The number of aromatic amines is 2. The van der Waals surface area contributed by atoms with Gasteiger partial charge in [0.1, 0.15) is 66.8 Å². The first-order valence-electron chi connectivity index (χ1n) is 15.9. The van der Waals surface area contributed by atoms with Crippen LogP contribution in [0.3, 0.4) is 0 Å². The highest BCUT2D eigenvalue weighted by Gasteiger charge is 2.46. The minimum Gasteiger partial charge on any atom is -0.388 e. The van der Waals surface area contributed by atoms with E-state index in [2.05, 4.69) is 33.8 Å². The van der Waals surface area contributed by atoms with Crippen LogP contribution in [0.1, 0.15) is 37.6 Å². The van der Waals surface area contributed by atoms with Crippen LogP contribution in [-0.2, 0) is 33.8 Å². The number of hydrogen-bond donors (Lipinski definition) is 11. The highest BCUT2D eigenvalue weighted by atomic mass is 31.3. The first-order chi connectivity index (χ1) is 25.3. The van der Waals surface area contributed by atoms with E-state index in [0.717, 1.165) is 6.33 Å². The predicted molar refractivity (Wildman–Crippen MR) is 177 cm³/mol. The molecule has 3 unspecified atom stereocenters. The number of phosphoric acid groups is 2. The van der Waals surface area contributed by atoms with Gasteiger partial charge < -0.3 is 50.9 Å². The molecule has 27 heteroatoms. The van der Waals surface area contributed by atoms with Crippen molar-refractivity contribution in [3.8, 4) is 0 Å². The number of rotatable bonds is 13. The number of aliphatic hydroxyl groups excluding tert-OH is 6.